The van der Waals surface area contributed by atoms with E-state index < -0.39 is 0 Å². The zero-order chi connectivity index (χ0) is 21.7. The van der Waals surface area contributed by atoms with Crippen LogP contribution < -0.4 is 4.74 Å². The molecule has 0 unspecified atom stereocenters. The van der Waals surface area contributed by atoms with Crippen LogP contribution in [0.5, 0.6) is 5.75 Å². The quantitative estimate of drug-likeness (QED) is 0.451. The van der Waals surface area contributed by atoms with Crippen LogP contribution in [-0.2, 0) is 13.2 Å². The molecule has 0 aliphatic carbocycles. The zero-order valence-electron chi connectivity index (χ0n) is 18.4. The van der Waals surface area contributed by atoms with Crippen molar-refractivity contribution in [3.8, 4) is 5.75 Å². The van der Waals surface area contributed by atoms with Gasteiger partial charge in [-0.15, -0.1) is 11.3 Å². The first kappa shape index (κ1) is 22.0. The number of nitrogens with zero attached hydrogens (tertiary/aromatic N) is 2. The summed E-state index contributed by atoms with van der Waals surface area (Å²) in [4.78, 5) is 19.6. The van der Waals surface area contributed by atoms with Crippen molar-refractivity contribution in [2.45, 2.75) is 47.8 Å². The van der Waals surface area contributed by atoms with Gasteiger partial charge in [0.1, 0.15) is 17.4 Å². The van der Waals surface area contributed by atoms with Crippen LogP contribution in [0.3, 0.4) is 0 Å². The lowest BCUT2D eigenvalue weighted by Crippen LogP contribution is -2.33. The molecule has 0 bridgehead atoms. The molecule has 5 heteroatoms. The number of carbonyl (C=O) groups excluding carboxylic acids is 1. The van der Waals surface area contributed by atoms with Gasteiger partial charge in [0.05, 0.1) is 12.2 Å². The first-order chi connectivity index (χ1) is 14.3. The number of hydrogen-bond acceptors (Lipinski definition) is 4. The van der Waals surface area contributed by atoms with E-state index in [0.717, 1.165) is 27.6 Å². The van der Waals surface area contributed by atoms with Gasteiger partial charge in [-0.05, 0) is 62.1 Å². The summed E-state index contributed by atoms with van der Waals surface area (Å²) < 4.78 is 5.91. The average molecular weight is 423 g/mol. The van der Waals surface area contributed by atoms with Crippen molar-refractivity contribution in [2.75, 3.05) is 6.54 Å². The zero-order valence-corrected chi connectivity index (χ0v) is 19.3. The monoisotopic (exact) mass is 422 g/mol. The average Bonchev–Trinajstić information content (AvgIpc) is 3.15. The maximum atomic E-state index is 13.0. The number of hydrogen-bond donors (Lipinski definition) is 0. The molecule has 3 rings (SSSR count). The highest BCUT2D eigenvalue weighted by Crippen LogP contribution is 2.20. The number of rotatable bonds is 8. The lowest BCUT2D eigenvalue weighted by molar-refractivity contribution is 0.0720. The molecule has 0 spiro atoms. The third-order valence-electron chi connectivity index (χ3n) is 4.96. The van der Waals surface area contributed by atoms with Gasteiger partial charge >= 0.3 is 0 Å². The van der Waals surface area contributed by atoms with Gasteiger partial charge in [-0.1, -0.05) is 37.6 Å². The van der Waals surface area contributed by atoms with Crippen molar-refractivity contribution < 1.29 is 9.53 Å². The van der Waals surface area contributed by atoms with Crippen molar-refractivity contribution in [3.05, 3.63) is 80.8 Å². The van der Waals surface area contributed by atoms with Gasteiger partial charge in [0.25, 0.3) is 5.91 Å². The summed E-state index contributed by atoms with van der Waals surface area (Å²) >= 11 is 1.57. The number of thiazole rings is 1. The Bertz CT molecular complexity index is 993. The van der Waals surface area contributed by atoms with E-state index in [0.29, 0.717) is 25.6 Å². The van der Waals surface area contributed by atoms with Crippen molar-refractivity contribution in [3.63, 3.8) is 0 Å². The minimum atomic E-state index is 0.0460. The third-order valence-corrected chi connectivity index (χ3v) is 5.84. The number of amides is 1. The predicted molar refractivity (Wildman–Crippen MR) is 123 cm³/mol. The molecule has 0 aliphatic heterocycles. The van der Waals surface area contributed by atoms with E-state index in [-0.39, 0.29) is 5.91 Å². The Morgan fingerprint density at radius 3 is 2.47 bits per heavy atom. The van der Waals surface area contributed by atoms with Crippen LogP contribution in [0.2, 0.25) is 0 Å². The topological polar surface area (TPSA) is 42.4 Å². The van der Waals surface area contributed by atoms with Crippen LogP contribution in [0.25, 0.3) is 0 Å². The van der Waals surface area contributed by atoms with E-state index in [1.165, 1.54) is 11.1 Å². The molecule has 0 fully saturated rings. The van der Waals surface area contributed by atoms with Crippen LogP contribution in [0.15, 0.2) is 47.8 Å². The molecular weight excluding hydrogens is 392 g/mol. The molecule has 3 aromatic rings. The molecule has 0 saturated heterocycles. The highest BCUT2D eigenvalue weighted by atomic mass is 32.1. The molecule has 1 heterocycles. The van der Waals surface area contributed by atoms with Crippen molar-refractivity contribution in [2.24, 2.45) is 5.92 Å². The van der Waals surface area contributed by atoms with Gasteiger partial charge in [0, 0.05) is 17.5 Å². The van der Waals surface area contributed by atoms with Gasteiger partial charge < -0.3 is 9.64 Å². The van der Waals surface area contributed by atoms with Crippen LogP contribution in [0.1, 0.15) is 51.6 Å². The number of benzene rings is 2. The molecule has 1 aromatic heterocycles. The molecule has 30 heavy (non-hydrogen) atoms. The Morgan fingerprint density at radius 2 is 1.80 bits per heavy atom. The highest BCUT2D eigenvalue weighted by molar-refractivity contribution is 7.09. The molecule has 0 N–H and O–H groups in total. The van der Waals surface area contributed by atoms with Gasteiger partial charge in [0.2, 0.25) is 0 Å². The minimum Gasteiger partial charge on any atom is -0.486 e. The second-order valence-electron chi connectivity index (χ2n) is 8.21. The maximum Gasteiger partial charge on any atom is 0.254 e. The summed E-state index contributed by atoms with van der Waals surface area (Å²) in [6.45, 7) is 12.1. The molecule has 0 saturated carbocycles. The van der Waals surface area contributed by atoms with Crippen LogP contribution in [0.4, 0.5) is 0 Å². The van der Waals surface area contributed by atoms with E-state index in [2.05, 4.69) is 39.8 Å². The summed E-state index contributed by atoms with van der Waals surface area (Å²) in [5.41, 5.74) is 5.23. The Balaban J connectivity index is 1.66. The largest absolute Gasteiger partial charge is 0.486 e. The Labute approximate surface area is 183 Å². The highest BCUT2D eigenvalue weighted by Gasteiger charge is 2.18. The van der Waals surface area contributed by atoms with Gasteiger partial charge in [-0.2, -0.15) is 0 Å². The standard InChI is InChI=1S/C25H30N2O2S/c1-17(2)13-27(25(28)21-9-6-18(3)7-10-21)14-22-16-30-24(26-22)15-29-23-11-8-19(4)20(5)12-23/h6-12,16-17H,13-15H2,1-5H3. The predicted octanol–water partition coefficient (Wildman–Crippen LogP) is 5.95. The van der Waals surface area contributed by atoms with Gasteiger partial charge in [-0.3, -0.25) is 4.79 Å². The summed E-state index contributed by atoms with van der Waals surface area (Å²) in [5, 5.41) is 2.94. The lowest BCUT2D eigenvalue weighted by Gasteiger charge is -2.24. The fourth-order valence-corrected chi connectivity index (χ4v) is 3.87. The normalized spacial score (nSPS) is 11.0. The van der Waals surface area contributed by atoms with E-state index in [1.54, 1.807) is 11.3 Å². The second kappa shape index (κ2) is 9.90. The van der Waals surface area contributed by atoms with E-state index >= 15 is 0 Å². The summed E-state index contributed by atoms with van der Waals surface area (Å²) in [5.74, 6) is 1.28. The van der Waals surface area contributed by atoms with E-state index in [1.807, 2.05) is 47.5 Å². The van der Waals surface area contributed by atoms with Gasteiger partial charge in [-0.25, -0.2) is 4.98 Å². The molecule has 1 amide bonds. The molecule has 0 radical (unpaired) electrons. The Morgan fingerprint density at radius 1 is 1.07 bits per heavy atom. The molecule has 158 valence electrons. The second-order valence-corrected chi connectivity index (χ2v) is 9.16. The van der Waals surface area contributed by atoms with E-state index in [4.69, 9.17) is 9.72 Å². The first-order valence-corrected chi connectivity index (χ1v) is 11.2. The SMILES string of the molecule is Cc1ccc(C(=O)N(Cc2csc(COc3ccc(C)c(C)c3)n2)CC(C)C)cc1. The van der Waals surface area contributed by atoms with Crippen molar-refractivity contribution in [1.82, 2.24) is 9.88 Å². The van der Waals surface area contributed by atoms with Crippen molar-refractivity contribution in [1.29, 1.82) is 0 Å². The smallest absolute Gasteiger partial charge is 0.254 e. The van der Waals surface area contributed by atoms with Crippen LogP contribution in [-0.4, -0.2) is 22.3 Å². The number of ether oxygens (including phenoxy) is 1. The molecule has 4 nitrogen and oxygen atoms in total. The lowest BCUT2D eigenvalue weighted by atomic mass is 10.1. The fraction of sp³-hybridized carbons (Fsp3) is 0.360. The Hall–Kier alpha value is -2.66. The van der Waals surface area contributed by atoms with Gasteiger partial charge in [0.15, 0.2) is 0 Å². The van der Waals surface area contributed by atoms with E-state index in [9.17, 15) is 4.79 Å². The number of aryl methyl sites for hydroxylation is 3. The summed E-state index contributed by atoms with van der Waals surface area (Å²) in [7, 11) is 0. The summed E-state index contributed by atoms with van der Waals surface area (Å²) in [6.07, 6.45) is 0. The molecule has 0 aliphatic rings. The van der Waals surface area contributed by atoms with Crippen molar-refractivity contribution >= 4 is 17.2 Å². The third kappa shape index (κ3) is 5.92. The summed E-state index contributed by atoms with van der Waals surface area (Å²) in [6, 6.07) is 13.9. The van der Waals surface area contributed by atoms with Crippen LogP contribution >= 0.6 is 11.3 Å². The molecule has 0 atom stereocenters. The number of aromatic nitrogens is 1. The molecule has 2 aromatic carbocycles. The van der Waals surface area contributed by atoms with Crippen LogP contribution in [0, 0.1) is 26.7 Å². The first-order valence-electron chi connectivity index (χ1n) is 10.3. The maximum absolute atomic E-state index is 13.0. The Kier molecular flexibility index (Phi) is 7.27. The number of carbonyl (C=O) groups is 1. The minimum absolute atomic E-state index is 0.0460. The molecular formula is C25H30N2O2S. The fourth-order valence-electron chi connectivity index (χ4n) is 3.17.